The van der Waals surface area contributed by atoms with E-state index in [9.17, 15) is 9.50 Å². The molecule has 2 rings (SSSR count). The number of aromatic hydroxyl groups is 1. The van der Waals surface area contributed by atoms with Gasteiger partial charge in [-0.25, -0.2) is 4.39 Å². The predicted molar refractivity (Wildman–Crippen MR) is 56.0 cm³/mol. The lowest BCUT2D eigenvalue weighted by atomic mass is 9.97. The number of phenols is 1. The lowest BCUT2D eigenvalue weighted by Crippen LogP contribution is -2.08. The number of nitrogens with one attached hydrogen (secondary N) is 1. The molecule has 0 radical (unpaired) electrons. The molecule has 0 aliphatic carbocycles. The van der Waals surface area contributed by atoms with Crippen LogP contribution in [0.4, 0.5) is 4.39 Å². The van der Waals surface area contributed by atoms with Crippen LogP contribution in [-0.4, -0.2) is 18.2 Å². The van der Waals surface area contributed by atoms with E-state index in [0.717, 1.165) is 24.0 Å². The molecule has 1 aromatic carbocycles. The Bertz CT molecular complexity index is 350. The number of halogens is 2. The summed E-state index contributed by atoms with van der Waals surface area (Å²) in [5.74, 6) is -0.553. The molecule has 0 spiro atoms. The Morgan fingerprint density at radius 3 is 2.93 bits per heavy atom. The Labute approximate surface area is 90.3 Å². The summed E-state index contributed by atoms with van der Waals surface area (Å²) >= 11 is 3.34. The number of hydrogen-bond acceptors (Lipinski definition) is 2. The maximum absolute atomic E-state index is 13.1. The van der Waals surface area contributed by atoms with E-state index in [4.69, 9.17) is 0 Å². The van der Waals surface area contributed by atoms with Crippen LogP contribution < -0.4 is 5.32 Å². The number of phenolic OH excluding ortho intramolecular Hbond substituents is 1. The molecular formula is C10H11BrFNO. The van der Waals surface area contributed by atoms with Gasteiger partial charge in [0, 0.05) is 22.5 Å². The summed E-state index contributed by atoms with van der Waals surface area (Å²) in [6.07, 6.45) is 0.940. The van der Waals surface area contributed by atoms with Crippen molar-refractivity contribution in [3.63, 3.8) is 0 Å². The first-order chi connectivity index (χ1) is 6.70. The third kappa shape index (κ3) is 1.64. The van der Waals surface area contributed by atoms with Gasteiger partial charge in [-0.1, -0.05) is 15.9 Å². The molecule has 0 saturated carbocycles. The van der Waals surface area contributed by atoms with Crippen LogP contribution in [0.1, 0.15) is 17.9 Å². The quantitative estimate of drug-likeness (QED) is 0.812. The van der Waals surface area contributed by atoms with Crippen molar-refractivity contribution in [3.8, 4) is 5.75 Å². The molecule has 1 aliphatic heterocycles. The molecule has 2 nitrogen and oxygen atoms in total. The van der Waals surface area contributed by atoms with Crippen molar-refractivity contribution in [2.24, 2.45) is 0 Å². The normalized spacial score (nSPS) is 21.4. The average Bonchev–Trinajstić information content (AvgIpc) is 2.65. The van der Waals surface area contributed by atoms with Gasteiger partial charge < -0.3 is 10.4 Å². The minimum absolute atomic E-state index is 0.208. The summed E-state index contributed by atoms with van der Waals surface area (Å²) in [5.41, 5.74) is 0.690. The second kappa shape index (κ2) is 3.87. The lowest BCUT2D eigenvalue weighted by molar-refractivity contribution is 0.421. The monoisotopic (exact) mass is 259 g/mol. The van der Waals surface area contributed by atoms with E-state index < -0.39 is 5.82 Å². The standard InChI is InChI=1S/C10H11BrFNO/c11-7-1-2-8(12)10(14)9(7)6-3-4-13-5-6/h1-2,6,13-14H,3-5H2. The van der Waals surface area contributed by atoms with Gasteiger partial charge in [-0.2, -0.15) is 0 Å². The van der Waals surface area contributed by atoms with Gasteiger partial charge in [0.25, 0.3) is 0 Å². The van der Waals surface area contributed by atoms with Crippen LogP contribution in [0, 0.1) is 5.82 Å². The van der Waals surface area contributed by atoms with E-state index in [1.54, 1.807) is 6.07 Å². The zero-order valence-electron chi connectivity index (χ0n) is 7.56. The fraction of sp³-hybridized carbons (Fsp3) is 0.400. The highest BCUT2D eigenvalue weighted by Gasteiger charge is 2.23. The summed E-state index contributed by atoms with van der Waals surface area (Å²) in [4.78, 5) is 0. The van der Waals surface area contributed by atoms with Crippen LogP contribution in [-0.2, 0) is 0 Å². The average molecular weight is 260 g/mol. The van der Waals surface area contributed by atoms with E-state index in [1.165, 1.54) is 6.07 Å². The number of rotatable bonds is 1. The highest BCUT2D eigenvalue weighted by molar-refractivity contribution is 9.10. The maximum atomic E-state index is 13.1. The molecule has 1 heterocycles. The van der Waals surface area contributed by atoms with Crippen LogP contribution in [0.25, 0.3) is 0 Å². The first-order valence-corrected chi connectivity index (χ1v) is 5.37. The van der Waals surface area contributed by atoms with Crippen LogP contribution in [0.15, 0.2) is 16.6 Å². The van der Waals surface area contributed by atoms with E-state index in [-0.39, 0.29) is 11.7 Å². The zero-order valence-corrected chi connectivity index (χ0v) is 9.14. The van der Waals surface area contributed by atoms with Crippen molar-refractivity contribution in [1.82, 2.24) is 5.32 Å². The summed E-state index contributed by atoms with van der Waals surface area (Å²) in [7, 11) is 0. The molecule has 0 amide bonds. The summed E-state index contributed by atoms with van der Waals surface area (Å²) in [5, 5.41) is 12.8. The van der Waals surface area contributed by atoms with Crippen molar-refractivity contribution in [1.29, 1.82) is 0 Å². The van der Waals surface area contributed by atoms with Crippen molar-refractivity contribution in [2.75, 3.05) is 13.1 Å². The molecule has 2 N–H and O–H groups in total. The van der Waals surface area contributed by atoms with Crippen LogP contribution in [0.2, 0.25) is 0 Å². The molecule has 0 aromatic heterocycles. The Kier molecular flexibility index (Phi) is 2.74. The Morgan fingerprint density at radius 1 is 1.50 bits per heavy atom. The molecule has 0 bridgehead atoms. The summed E-state index contributed by atoms with van der Waals surface area (Å²) in [6, 6.07) is 2.91. The van der Waals surface area contributed by atoms with Crippen molar-refractivity contribution >= 4 is 15.9 Å². The molecule has 1 fully saturated rings. The molecule has 14 heavy (non-hydrogen) atoms. The first-order valence-electron chi connectivity index (χ1n) is 4.57. The van der Waals surface area contributed by atoms with E-state index >= 15 is 0 Å². The summed E-state index contributed by atoms with van der Waals surface area (Å²) in [6.45, 7) is 1.72. The zero-order chi connectivity index (χ0) is 10.1. The maximum Gasteiger partial charge on any atom is 0.165 e. The SMILES string of the molecule is Oc1c(F)ccc(Br)c1C1CCNC1. The van der Waals surface area contributed by atoms with Gasteiger partial charge in [-0.05, 0) is 25.1 Å². The fourth-order valence-electron chi connectivity index (χ4n) is 1.85. The molecule has 76 valence electrons. The van der Waals surface area contributed by atoms with Gasteiger partial charge in [-0.3, -0.25) is 0 Å². The second-order valence-electron chi connectivity index (χ2n) is 3.48. The van der Waals surface area contributed by atoms with Gasteiger partial charge in [0.2, 0.25) is 0 Å². The highest BCUT2D eigenvalue weighted by atomic mass is 79.9. The van der Waals surface area contributed by atoms with Gasteiger partial charge in [-0.15, -0.1) is 0 Å². The minimum Gasteiger partial charge on any atom is -0.505 e. The third-order valence-corrected chi connectivity index (χ3v) is 3.27. The number of benzene rings is 1. The molecule has 4 heteroatoms. The highest BCUT2D eigenvalue weighted by Crippen LogP contribution is 2.37. The molecule has 1 aromatic rings. The molecule has 1 saturated heterocycles. The van der Waals surface area contributed by atoms with E-state index in [2.05, 4.69) is 21.2 Å². The minimum atomic E-state index is -0.546. The third-order valence-electron chi connectivity index (χ3n) is 2.58. The van der Waals surface area contributed by atoms with Gasteiger partial charge in [0.05, 0.1) is 0 Å². The fourth-order valence-corrected chi connectivity index (χ4v) is 2.49. The Hall–Kier alpha value is -0.610. The van der Waals surface area contributed by atoms with Crippen molar-refractivity contribution in [3.05, 3.63) is 28.0 Å². The van der Waals surface area contributed by atoms with Gasteiger partial charge in [0.1, 0.15) is 0 Å². The smallest absolute Gasteiger partial charge is 0.165 e. The topological polar surface area (TPSA) is 32.3 Å². The van der Waals surface area contributed by atoms with Crippen LogP contribution >= 0.6 is 15.9 Å². The van der Waals surface area contributed by atoms with Crippen molar-refractivity contribution < 1.29 is 9.50 Å². The second-order valence-corrected chi connectivity index (χ2v) is 4.34. The first kappa shape index (κ1) is 9.93. The van der Waals surface area contributed by atoms with Gasteiger partial charge >= 0.3 is 0 Å². The van der Waals surface area contributed by atoms with E-state index in [1.807, 2.05) is 0 Å². The molecule has 1 unspecified atom stereocenters. The van der Waals surface area contributed by atoms with Crippen LogP contribution in [0.3, 0.4) is 0 Å². The van der Waals surface area contributed by atoms with E-state index in [0.29, 0.717) is 5.56 Å². The van der Waals surface area contributed by atoms with Gasteiger partial charge in [0.15, 0.2) is 11.6 Å². The molecule has 1 aliphatic rings. The van der Waals surface area contributed by atoms with Crippen LogP contribution in [0.5, 0.6) is 5.75 Å². The lowest BCUT2D eigenvalue weighted by Gasteiger charge is -2.13. The van der Waals surface area contributed by atoms with Crippen molar-refractivity contribution in [2.45, 2.75) is 12.3 Å². The Balaban J connectivity index is 2.44. The summed E-state index contributed by atoms with van der Waals surface area (Å²) < 4.78 is 13.9. The molecular weight excluding hydrogens is 249 g/mol. The number of hydrogen-bond donors (Lipinski definition) is 2. The largest absolute Gasteiger partial charge is 0.505 e. The predicted octanol–water partition coefficient (Wildman–Crippen LogP) is 2.37. The Morgan fingerprint density at radius 2 is 2.29 bits per heavy atom. The molecule has 1 atom stereocenters.